The van der Waals surface area contributed by atoms with Gasteiger partial charge in [0, 0.05) is 12.0 Å². The highest BCUT2D eigenvalue weighted by Gasteiger charge is 2.34. The molecule has 0 aliphatic rings. The first kappa shape index (κ1) is 20.9. The molecule has 0 spiro atoms. The van der Waals surface area contributed by atoms with E-state index in [4.69, 9.17) is 0 Å². The molecule has 0 aromatic heterocycles. The summed E-state index contributed by atoms with van der Waals surface area (Å²) in [6, 6.07) is 8.28. The molecule has 0 fully saturated rings. The number of methoxy groups -OCH3 is 1. The number of hydrogen-bond acceptors (Lipinski definition) is 4. The lowest BCUT2D eigenvalue weighted by atomic mass is 9.99. The molecule has 1 amide bonds. The largest absolute Gasteiger partial charge is 0.480 e. The molecule has 2 rings (SSSR count). The monoisotopic (exact) mass is 395 g/mol. The van der Waals surface area contributed by atoms with Gasteiger partial charge in [0.05, 0.1) is 18.2 Å². The normalized spacial score (nSPS) is 12.1. The Morgan fingerprint density at radius 3 is 2.32 bits per heavy atom. The second-order valence-corrected chi connectivity index (χ2v) is 5.80. The smallest absolute Gasteiger partial charge is 0.416 e. The summed E-state index contributed by atoms with van der Waals surface area (Å²) in [5.74, 6) is -3.03. The molecule has 0 bridgehead atoms. The number of hydrogen-bond donors (Lipinski definition) is 2. The Morgan fingerprint density at radius 2 is 1.71 bits per heavy atom. The van der Waals surface area contributed by atoms with Gasteiger partial charge in [0.25, 0.3) is 5.91 Å². The molecule has 0 aliphatic carbocycles. The summed E-state index contributed by atoms with van der Waals surface area (Å²) in [6.07, 6.45) is -5.22. The van der Waals surface area contributed by atoms with Gasteiger partial charge in [0.2, 0.25) is 0 Å². The maximum atomic E-state index is 13.1. The number of esters is 1. The van der Waals surface area contributed by atoms with Gasteiger partial charge in [-0.3, -0.25) is 4.79 Å². The number of carbonyl (C=O) groups is 3. The van der Waals surface area contributed by atoms with E-state index < -0.39 is 42.0 Å². The molecule has 0 aliphatic heterocycles. The number of nitrogens with one attached hydrogen (secondary N) is 1. The fraction of sp³-hybridized carbons (Fsp3) is 0.211. The lowest BCUT2D eigenvalue weighted by Gasteiger charge is -2.18. The zero-order chi connectivity index (χ0) is 20.9. The number of amides is 1. The maximum absolute atomic E-state index is 13.1. The third kappa shape index (κ3) is 5.09. The number of aliphatic carboxylic acids is 1. The lowest BCUT2D eigenvalue weighted by molar-refractivity contribution is -0.141. The first-order chi connectivity index (χ1) is 13.1. The van der Waals surface area contributed by atoms with E-state index in [1.54, 1.807) is 0 Å². The van der Waals surface area contributed by atoms with Gasteiger partial charge in [-0.1, -0.05) is 24.3 Å². The molecule has 0 radical (unpaired) electrons. The average molecular weight is 395 g/mol. The molecule has 0 saturated heterocycles. The second-order valence-electron chi connectivity index (χ2n) is 5.80. The van der Waals surface area contributed by atoms with Gasteiger partial charge in [0.1, 0.15) is 6.04 Å². The Kier molecular flexibility index (Phi) is 6.40. The maximum Gasteiger partial charge on any atom is 0.416 e. The van der Waals surface area contributed by atoms with Crippen LogP contribution < -0.4 is 5.32 Å². The summed E-state index contributed by atoms with van der Waals surface area (Å²) in [4.78, 5) is 35.4. The standard InChI is InChI=1S/C19H16F3NO5/c1-28-18(27)13-7-4-6-12(9-13)16(24)23-15(17(25)26)10-11-5-2-3-8-14(11)19(20,21)22/h2-9,15H,10H2,1H3,(H,23,24)(H,25,26)/t15-/m1/s1. The number of alkyl halides is 3. The first-order valence-corrected chi connectivity index (χ1v) is 8.00. The van der Waals surface area contributed by atoms with Crippen molar-refractivity contribution in [2.24, 2.45) is 0 Å². The van der Waals surface area contributed by atoms with Gasteiger partial charge < -0.3 is 15.2 Å². The molecule has 28 heavy (non-hydrogen) atoms. The molecule has 2 N–H and O–H groups in total. The van der Waals surface area contributed by atoms with Crippen LogP contribution in [0.5, 0.6) is 0 Å². The van der Waals surface area contributed by atoms with Crippen molar-refractivity contribution in [1.29, 1.82) is 0 Å². The molecule has 0 saturated carbocycles. The Hall–Kier alpha value is -3.36. The lowest BCUT2D eigenvalue weighted by Crippen LogP contribution is -2.42. The van der Waals surface area contributed by atoms with Crippen molar-refractivity contribution in [3.63, 3.8) is 0 Å². The van der Waals surface area contributed by atoms with Gasteiger partial charge in [-0.2, -0.15) is 13.2 Å². The summed E-state index contributed by atoms with van der Waals surface area (Å²) in [5.41, 5.74) is -1.18. The Balaban J connectivity index is 2.24. The minimum Gasteiger partial charge on any atom is -0.480 e. The van der Waals surface area contributed by atoms with Crippen molar-refractivity contribution in [3.8, 4) is 0 Å². The zero-order valence-electron chi connectivity index (χ0n) is 14.6. The quantitative estimate of drug-likeness (QED) is 0.734. The molecular formula is C19H16F3NO5. The summed E-state index contributed by atoms with van der Waals surface area (Å²) in [6.45, 7) is 0. The fourth-order valence-electron chi connectivity index (χ4n) is 2.54. The average Bonchev–Trinajstić information content (AvgIpc) is 2.66. The summed E-state index contributed by atoms with van der Waals surface area (Å²) >= 11 is 0. The van der Waals surface area contributed by atoms with Crippen LogP contribution in [-0.2, 0) is 22.1 Å². The number of halogens is 3. The van der Waals surface area contributed by atoms with Gasteiger partial charge >= 0.3 is 18.1 Å². The third-order valence-corrected chi connectivity index (χ3v) is 3.90. The van der Waals surface area contributed by atoms with Crippen molar-refractivity contribution in [2.75, 3.05) is 7.11 Å². The first-order valence-electron chi connectivity index (χ1n) is 8.00. The number of rotatable bonds is 6. The van der Waals surface area contributed by atoms with Crippen LogP contribution in [0.2, 0.25) is 0 Å². The van der Waals surface area contributed by atoms with Crippen LogP contribution in [0.4, 0.5) is 13.2 Å². The molecule has 148 valence electrons. The van der Waals surface area contributed by atoms with E-state index in [1.807, 2.05) is 0 Å². The number of benzene rings is 2. The summed E-state index contributed by atoms with van der Waals surface area (Å²) in [5, 5.41) is 11.5. The van der Waals surface area contributed by atoms with Crippen molar-refractivity contribution < 1.29 is 37.4 Å². The van der Waals surface area contributed by atoms with E-state index in [1.165, 1.54) is 36.4 Å². The third-order valence-electron chi connectivity index (χ3n) is 3.90. The van der Waals surface area contributed by atoms with E-state index in [9.17, 15) is 32.7 Å². The van der Waals surface area contributed by atoms with Gasteiger partial charge in [-0.05, 0) is 29.8 Å². The SMILES string of the molecule is COC(=O)c1cccc(C(=O)N[C@H](Cc2ccccc2C(F)(F)F)C(=O)O)c1. The Labute approximate surface area is 157 Å². The molecule has 0 unspecified atom stereocenters. The molecule has 2 aromatic rings. The van der Waals surface area contributed by atoms with Crippen LogP contribution in [0.1, 0.15) is 31.8 Å². The summed E-state index contributed by atoms with van der Waals surface area (Å²) in [7, 11) is 1.16. The van der Waals surface area contributed by atoms with Crippen molar-refractivity contribution in [1.82, 2.24) is 5.32 Å². The van der Waals surface area contributed by atoms with Crippen LogP contribution in [0.15, 0.2) is 48.5 Å². The molecule has 2 aromatic carbocycles. The van der Waals surface area contributed by atoms with Gasteiger partial charge in [-0.25, -0.2) is 9.59 Å². The second kappa shape index (κ2) is 8.55. The van der Waals surface area contributed by atoms with Gasteiger partial charge in [-0.15, -0.1) is 0 Å². The topological polar surface area (TPSA) is 92.7 Å². The highest BCUT2D eigenvalue weighted by atomic mass is 19.4. The fourth-order valence-corrected chi connectivity index (χ4v) is 2.54. The molecule has 6 nitrogen and oxygen atoms in total. The van der Waals surface area contributed by atoms with E-state index in [0.29, 0.717) is 0 Å². The Morgan fingerprint density at radius 1 is 1.07 bits per heavy atom. The highest BCUT2D eigenvalue weighted by Crippen LogP contribution is 2.32. The molecule has 0 heterocycles. The van der Waals surface area contributed by atoms with Crippen molar-refractivity contribution in [3.05, 3.63) is 70.8 Å². The van der Waals surface area contributed by atoms with E-state index in [-0.39, 0.29) is 16.7 Å². The van der Waals surface area contributed by atoms with E-state index >= 15 is 0 Å². The number of carboxylic acids is 1. The highest BCUT2D eigenvalue weighted by molar-refractivity contribution is 5.99. The van der Waals surface area contributed by atoms with Crippen LogP contribution in [0, 0.1) is 0 Å². The minimum absolute atomic E-state index is 0.0294. The van der Waals surface area contributed by atoms with Crippen molar-refractivity contribution in [2.45, 2.75) is 18.6 Å². The Bertz CT molecular complexity index is 895. The van der Waals surface area contributed by atoms with Crippen LogP contribution >= 0.6 is 0 Å². The van der Waals surface area contributed by atoms with Crippen LogP contribution in [0.25, 0.3) is 0 Å². The minimum atomic E-state index is -4.65. The molecular weight excluding hydrogens is 379 g/mol. The number of carbonyl (C=O) groups excluding carboxylic acids is 2. The van der Waals surface area contributed by atoms with Crippen LogP contribution in [-0.4, -0.2) is 36.1 Å². The van der Waals surface area contributed by atoms with Crippen molar-refractivity contribution >= 4 is 17.8 Å². The zero-order valence-corrected chi connectivity index (χ0v) is 14.6. The number of ether oxygens (including phenoxy) is 1. The predicted octanol–water partition coefficient (Wildman–Crippen LogP) is 2.92. The van der Waals surface area contributed by atoms with E-state index in [0.717, 1.165) is 19.2 Å². The summed E-state index contributed by atoms with van der Waals surface area (Å²) < 4.78 is 43.9. The predicted molar refractivity (Wildman–Crippen MR) is 91.8 cm³/mol. The van der Waals surface area contributed by atoms with Crippen LogP contribution in [0.3, 0.4) is 0 Å². The number of carboxylic acid groups (broad SMARTS) is 1. The molecule has 1 atom stereocenters. The molecule has 9 heteroatoms. The van der Waals surface area contributed by atoms with Gasteiger partial charge in [0.15, 0.2) is 0 Å². The van der Waals surface area contributed by atoms with E-state index in [2.05, 4.69) is 10.1 Å².